The minimum Gasteiger partial charge on any atom is -0.507 e. The van der Waals surface area contributed by atoms with Crippen LogP contribution in [0.2, 0.25) is 0 Å². The fraction of sp³-hybridized carbons (Fsp3) is 0.238. The number of hydrogen-bond donors (Lipinski definition) is 3. The second kappa shape index (κ2) is 9.01. The van der Waals surface area contributed by atoms with Gasteiger partial charge in [0, 0.05) is 11.9 Å². The van der Waals surface area contributed by atoms with Crippen LogP contribution < -0.4 is 16.4 Å². The molecule has 0 atom stereocenters. The number of benzene rings is 2. The molecule has 0 saturated carbocycles. The van der Waals surface area contributed by atoms with Gasteiger partial charge in [-0.25, -0.2) is 4.68 Å². The van der Waals surface area contributed by atoms with Crippen LogP contribution in [-0.4, -0.2) is 26.7 Å². The summed E-state index contributed by atoms with van der Waals surface area (Å²) < 4.78 is 1.29. The highest BCUT2D eigenvalue weighted by molar-refractivity contribution is 6.06. The van der Waals surface area contributed by atoms with Crippen LogP contribution in [0.4, 0.5) is 0 Å². The van der Waals surface area contributed by atoms with E-state index in [0.717, 1.165) is 19.3 Å². The number of aryl methyl sites for hydroxylation is 1. The molecule has 0 aliphatic carbocycles. The van der Waals surface area contributed by atoms with Crippen molar-refractivity contribution in [2.75, 3.05) is 0 Å². The number of para-hydroxylation sites is 1. The molecule has 3 aromatic rings. The van der Waals surface area contributed by atoms with Crippen molar-refractivity contribution in [1.82, 2.24) is 20.6 Å². The van der Waals surface area contributed by atoms with Gasteiger partial charge in [-0.3, -0.25) is 25.2 Å². The van der Waals surface area contributed by atoms with E-state index in [9.17, 15) is 19.5 Å². The molecule has 0 fully saturated rings. The molecule has 0 saturated heterocycles. The molecule has 3 rings (SSSR count). The van der Waals surface area contributed by atoms with E-state index in [4.69, 9.17) is 0 Å². The Morgan fingerprint density at radius 3 is 2.34 bits per heavy atom. The van der Waals surface area contributed by atoms with Gasteiger partial charge in [0.2, 0.25) is 0 Å². The lowest BCUT2D eigenvalue weighted by atomic mass is 10.1. The molecular formula is C21H22N4O4. The van der Waals surface area contributed by atoms with E-state index >= 15 is 0 Å². The zero-order chi connectivity index (χ0) is 20.8. The standard InChI is InChI=1S/C21H22N4O4/c1-2-3-8-13-25-21(29)15-10-5-4-9-14(15)18(24-25)20(28)23-22-19(27)16-11-6-7-12-17(16)26/h4-7,9-12,26H,2-3,8,13H2,1H3,(H,22,27)(H,23,28). The Bertz CT molecular complexity index is 1110. The van der Waals surface area contributed by atoms with Gasteiger partial charge < -0.3 is 5.11 Å². The predicted molar refractivity (Wildman–Crippen MR) is 109 cm³/mol. The Hall–Kier alpha value is -3.68. The monoisotopic (exact) mass is 394 g/mol. The van der Waals surface area contributed by atoms with E-state index in [1.54, 1.807) is 36.4 Å². The Morgan fingerprint density at radius 2 is 1.62 bits per heavy atom. The van der Waals surface area contributed by atoms with Gasteiger partial charge in [-0.1, -0.05) is 50.1 Å². The van der Waals surface area contributed by atoms with Crippen LogP contribution in [0, 0.1) is 0 Å². The lowest BCUT2D eigenvalue weighted by Crippen LogP contribution is -2.42. The SMILES string of the molecule is CCCCCn1nc(C(=O)NNC(=O)c2ccccc2O)c2ccccc2c1=O. The maximum atomic E-state index is 12.7. The number of hydrogen-bond acceptors (Lipinski definition) is 5. The van der Waals surface area contributed by atoms with E-state index in [2.05, 4.69) is 22.9 Å². The molecular weight excluding hydrogens is 372 g/mol. The second-order valence-corrected chi connectivity index (χ2v) is 6.55. The molecule has 1 heterocycles. The zero-order valence-corrected chi connectivity index (χ0v) is 16.0. The third-order valence-electron chi connectivity index (χ3n) is 4.49. The molecule has 0 aliphatic rings. The Labute approximate surface area is 167 Å². The predicted octanol–water partition coefficient (Wildman–Crippen LogP) is 2.37. The number of carbonyl (C=O) groups excluding carboxylic acids is 2. The number of rotatable bonds is 6. The molecule has 0 spiro atoms. The number of carbonyl (C=O) groups is 2. The first-order valence-electron chi connectivity index (χ1n) is 9.41. The summed E-state index contributed by atoms with van der Waals surface area (Å²) in [4.78, 5) is 37.6. The average Bonchev–Trinajstić information content (AvgIpc) is 2.74. The van der Waals surface area contributed by atoms with Gasteiger partial charge in [-0.05, 0) is 24.6 Å². The minimum absolute atomic E-state index is 0.0233. The maximum Gasteiger partial charge on any atom is 0.290 e. The number of amides is 2. The van der Waals surface area contributed by atoms with E-state index < -0.39 is 11.8 Å². The van der Waals surface area contributed by atoms with Crippen LogP contribution in [0.25, 0.3) is 10.8 Å². The van der Waals surface area contributed by atoms with Gasteiger partial charge >= 0.3 is 0 Å². The number of nitrogens with one attached hydrogen (secondary N) is 2. The molecule has 8 nitrogen and oxygen atoms in total. The first-order chi connectivity index (χ1) is 14.0. The van der Waals surface area contributed by atoms with Crippen molar-refractivity contribution >= 4 is 22.6 Å². The fourth-order valence-electron chi connectivity index (χ4n) is 2.97. The molecule has 0 unspecified atom stereocenters. The smallest absolute Gasteiger partial charge is 0.290 e. The van der Waals surface area contributed by atoms with Crippen molar-refractivity contribution in [3.8, 4) is 5.75 Å². The topological polar surface area (TPSA) is 113 Å². The van der Waals surface area contributed by atoms with Crippen molar-refractivity contribution in [3.05, 3.63) is 70.1 Å². The summed E-state index contributed by atoms with van der Waals surface area (Å²) >= 11 is 0. The van der Waals surface area contributed by atoms with Crippen LogP contribution in [0.5, 0.6) is 5.75 Å². The van der Waals surface area contributed by atoms with Crippen LogP contribution in [0.1, 0.15) is 47.0 Å². The molecule has 1 aromatic heterocycles. The van der Waals surface area contributed by atoms with Gasteiger partial charge in [0.05, 0.1) is 10.9 Å². The summed E-state index contributed by atoms with van der Waals surface area (Å²) in [6.45, 7) is 2.46. The van der Waals surface area contributed by atoms with E-state index in [-0.39, 0.29) is 22.6 Å². The average molecular weight is 394 g/mol. The number of aromatic nitrogens is 2. The molecule has 0 aliphatic heterocycles. The summed E-state index contributed by atoms with van der Waals surface area (Å²) in [5.41, 5.74) is 4.37. The molecule has 2 amide bonds. The quantitative estimate of drug-likeness (QED) is 0.439. The number of fused-ring (bicyclic) bond motifs is 1. The Balaban J connectivity index is 1.86. The summed E-state index contributed by atoms with van der Waals surface area (Å²) in [6.07, 6.45) is 2.71. The van der Waals surface area contributed by atoms with Crippen LogP contribution >= 0.6 is 0 Å². The fourth-order valence-corrected chi connectivity index (χ4v) is 2.97. The number of unbranched alkanes of at least 4 members (excludes halogenated alkanes) is 2. The molecule has 3 N–H and O–H groups in total. The number of phenols is 1. The Morgan fingerprint density at radius 1 is 0.966 bits per heavy atom. The third-order valence-corrected chi connectivity index (χ3v) is 4.49. The van der Waals surface area contributed by atoms with E-state index in [1.165, 1.54) is 16.8 Å². The maximum absolute atomic E-state index is 12.7. The lowest BCUT2D eigenvalue weighted by molar-refractivity contribution is 0.0842. The van der Waals surface area contributed by atoms with Crippen molar-refractivity contribution in [2.45, 2.75) is 32.7 Å². The van der Waals surface area contributed by atoms with Gasteiger partial charge in [0.15, 0.2) is 5.69 Å². The number of hydrazine groups is 1. The first kappa shape index (κ1) is 20.1. The molecule has 150 valence electrons. The molecule has 29 heavy (non-hydrogen) atoms. The summed E-state index contributed by atoms with van der Waals surface area (Å²) in [7, 11) is 0. The normalized spacial score (nSPS) is 10.7. The lowest BCUT2D eigenvalue weighted by Gasteiger charge is -2.12. The van der Waals surface area contributed by atoms with Crippen LogP contribution in [-0.2, 0) is 6.54 Å². The number of phenolic OH excluding ortho intramolecular Hbond substituents is 1. The van der Waals surface area contributed by atoms with Gasteiger partial charge in [-0.15, -0.1) is 0 Å². The Kier molecular flexibility index (Phi) is 6.23. The summed E-state index contributed by atoms with van der Waals surface area (Å²) in [6, 6.07) is 12.7. The zero-order valence-electron chi connectivity index (χ0n) is 16.0. The molecule has 8 heteroatoms. The minimum atomic E-state index is -0.669. The molecule has 0 radical (unpaired) electrons. The van der Waals surface area contributed by atoms with E-state index in [1.807, 2.05) is 0 Å². The molecule has 2 aromatic carbocycles. The highest BCUT2D eigenvalue weighted by Gasteiger charge is 2.18. The van der Waals surface area contributed by atoms with Crippen molar-refractivity contribution in [1.29, 1.82) is 0 Å². The summed E-state index contributed by atoms with van der Waals surface area (Å²) in [5, 5.41) is 14.8. The van der Waals surface area contributed by atoms with Crippen molar-refractivity contribution < 1.29 is 14.7 Å². The summed E-state index contributed by atoms with van der Waals surface area (Å²) in [5.74, 6) is -1.53. The van der Waals surface area contributed by atoms with Crippen molar-refractivity contribution in [2.24, 2.45) is 0 Å². The van der Waals surface area contributed by atoms with Crippen molar-refractivity contribution in [3.63, 3.8) is 0 Å². The molecule has 0 bridgehead atoms. The van der Waals surface area contributed by atoms with E-state index in [0.29, 0.717) is 17.3 Å². The van der Waals surface area contributed by atoms with Crippen LogP contribution in [0.15, 0.2) is 53.3 Å². The highest BCUT2D eigenvalue weighted by atomic mass is 16.3. The van der Waals surface area contributed by atoms with Crippen LogP contribution in [0.3, 0.4) is 0 Å². The largest absolute Gasteiger partial charge is 0.507 e. The number of aromatic hydroxyl groups is 1. The van der Waals surface area contributed by atoms with Gasteiger partial charge in [-0.2, -0.15) is 5.10 Å². The van der Waals surface area contributed by atoms with Gasteiger partial charge in [0.25, 0.3) is 17.4 Å². The first-order valence-corrected chi connectivity index (χ1v) is 9.41. The third kappa shape index (κ3) is 4.43. The van der Waals surface area contributed by atoms with Gasteiger partial charge in [0.1, 0.15) is 5.75 Å². The second-order valence-electron chi connectivity index (χ2n) is 6.55. The highest BCUT2D eigenvalue weighted by Crippen LogP contribution is 2.15. The number of nitrogens with zero attached hydrogens (tertiary/aromatic N) is 2.